The Labute approximate surface area is 102 Å². The molecule has 0 aliphatic rings. The number of aliphatic hydroxyl groups is 1. The Morgan fingerprint density at radius 2 is 1.65 bits per heavy atom. The van der Waals surface area contributed by atoms with Crippen LogP contribution in [0.4, 0.5) is 0 Å². The van der Waals surface area contributed by atoms with Crippen molar-refractivity contribution in [2.45, 2.75) is 33.3 Å². The van der Waals surface area contributed by atoms with Gasteiger partial charge < -0.3 is 10.2 Å². The largest absolute Gasteiger partial charge is 0.481 e. The second kappa shape index (κ2) is 4.49. The molecule has 1 aromatic rings. The van der Waals surface area contributed by atoms with Crippen LogP contribution >= 0.6 is 0 Å². The molecule has 17 heavy (non-hydrogen) atoms. The Morgan fingerprint density at radius 1 is 1.18 bits per heavy atom. The highest BCUT2D eigenvalue weighted by atomic mass is 16.4. The fourth-order valence-electron chi connectivity index (χ4n) is 2.27. The minimum atomic E-state index is -1.39. The van der Waals surface area contributed by atoms with Gasteiger partial charge in [0.2, 0.25) is 0 Å². The highest BCUT2D eigenvalue weighted by Crippen LogP contribution is 2.45. The Morgan fingerprint density at radius 3 is 2.00 bits per heavy atom. The summed E-state index contributed by atoms with van der Waals surface area (Å²) >= 11 is 0. The number of rotatable bonds is 4. The highest BCUT2D eigenvalue weighted by Gasteiger charge is 2.52. The van der Waals surface area contributed by atoms with Crippen molar-refractivity contribution < 1.29 is 15.0 Å². The summed E-state index contributed by atoms with van der Waals surface area (Å²) in [5, 5.41) is 20.2. The molecule has 1 atom stereocenters. The molecule has 3 nitrogen and oxygen atoms in total. The Bertz CT molecular complexity index is 395. The lowest BCUT2D eigenvalue weighted by atomic mass is 9.65. The van der Waals surface area contributed by atoms with Crippen LogP contribution in [0, 0.1) is 11.3 Å². The van der Waals surface area contributed by atoms with Gasteiger partial charge in [-0.15, -0.1) is 0 Å². The third-order valence-electron chi connectivity index (χ3n) is 3.54. The first-order chi connectivity index (χ1) is 7.74. The van der Waals surface area contributed by atoms with E-state index in [4.69, 9.17) is 0 Å². The molecule has 2 N–H and O–H groups in total. The third kappa shape index (κ3) is 2.07. The first kappa shape index (κ1) is 13.7. The lowest BCUT2D eigenvalue weighted by Crippen LogP contribution is -2.50. The number of hydrogen-bond donors (Lipinski definition) is 2. The molecule has 0 saturated heterocycles. The molecular weight excluding hydrogens is 216 g/mol. The molecular formula is C14H20O3. The maximum atomic E-state index is 11.4. The highest BCUT2D eigenvalue weighted by molar-refractivity contribution is 5.76. The van der Waals surface area contributed by atoms with Gasteiger partial charge in [0.15, 0.2) is 0 Å². The summed E-state index contributed by atoms with van der Waals surface area (Å²) in [4.78, 5) is 11.4. The number of hydrogen-bond acceptors (Lipinski definition) is 2. The van der Waals surface area contributed by atoms with Gasteiger partial charge in [-0.1, -0.05) is 44.2 Å². The van der Waals surface area contributed by atoms with Gasteiger partial charge in [0.25, 0.3) is 0 Å². The van der Waals surface area contributed by atoms with Crippen molar-refractivity contribution in [2.24, 2.45) is 11.3 Å². The molecule has 0 radical (unpaired) electrons. The molecule has 1 rings (SSSR count). The summed E-state index contributed by atoms with van der Waals surface area (Å²) in [5.74, 6) is -1.20. The SMILES string of the molecule is CC(C)C(O)(c1ccccc1)C(C)(C)C(=O)O. The van der Waals surface area contributed by atoms with E-state index >= 15 is 0 Å². The molecule has 0 bridgehead atoms. The van der Waals surface area contributed by atoms with E-state index in [2.05, 4.69) is 0 Å². The minimum absolute atomic E-state index is 0.198. The van der Waals surface area contributed by atoms with Crippen LogP contribution in [0.1, 0.15) is 33.3 Å². The Hall–Kier alpha value is -1.35. The lowest BCUT2D eigenvalue weighted by Gasteiger charge is -2.43. The molecule has 1 unspecified atom stereocenters. The van der Waals surface area contributed by atoms with Gasteiger partial charge in [-0.2, -0.15) is 0 Å². The zero-order valence-corrected chi connectivity index (χ0v) is 10.8. The second-order valence-corrected chi connectivity index (χ2v) is 5.22. The van der Waals surface area contributed by atoms with Crippen LogP contribution in [0.3, 0.4) is 0 Å². The van der Waals surface area contributed by atoms with Crippen LogP contribution in [0.2, 0.25) is 0 Å². The zero-order valence-electron chi connectivity index (χ0n) is 10.8. The molecule has 0 aliphatic carbocycles. The quantitative estimate of drug-likeness (QED) is 0.845. The zero-order chi connectivity index (χ0) is 13.3. The van der Waals surface area contributed by atoms with Crippen LogP contribution in [0.5, 0.6) is 0 Å². The summed E-state index contributed by atoms with van der Waals surface area (Å²) in [5.41, 5.74) is -2.00. The number of benzene rings is 1. The predicted molar refractivity (Wildman–Crippen MR) is 66.6 cm³/mol. The maximum absolute atomic E-state index is 11.4. The van der Waals surface area contributed by atoms with Crippen molar-refractivity contribution in [3.05, 3.63) is 35.9 Å². The van der Waals surface area contributed by atoms with Gasteiger partial charge in [0.1, 0.15) is 5.60 Å². The van der Waals surface area contributed by atoms with E-state index in [0.717, 1.165) is 0 Å². The van der Waals surface area contributed by atoms with E-state index in [1.54, 1.807) is 38.1 Å². The standard InChI is InChI=1S/C14H20O3/c1-10(2)14(17,13(3,4)12(15)16)11-8-6-5-7-9-11/h5-10,17H,1-4H3,(H,15,16). The number of aliphatic carboxylic acids is 1. The topological polar surface area (TPSA) is 57.5 Å². The molecule has 0 aliphatic heterocycles. The Kier molecular flexibility index (Phi) is 3.62. The van der Waals surface area contributed by atoms with E-state index in [9.17, 15) is 15.0 Å². The van der Waals surface area contributed by atoms with E-state index < -0.39 is 17.0 Å². The fourth-order valence-corrected chi connectivity index (χ4v) is 2.27. The molecule has 0 saturated carbocycles. The van der Waals surface area contributed by atoms with Gasteiger partial charge in [-0.05, 0) is 25.3 Å². The molecule has 1 aromatic carbocycles. The van der Waals surface area contributed by atoms with Gasteiger partial charge in [0, 0.05) is 0 Å². The fraction of sp³-hybridized carbons (Fsp3) is 0.500. The monoisotopic (exact) mass is 236 g/mol. The first-order valence-corrected chi connectivity index (χ1v) is 5.76. The molecule has 0 fully saturated rings. The van der Waals surface area contributed by atoms with E-state index in [0.29, 0.717) is 5.56 Å². The molecule has 3 heteroatoms. The third-order valence-corrected chi connectivity index (χ3v) is 3.54. The van der Waals surface area contributed by atoms with Crippen molar-refractivity contribution in [1.29, 1.82) is 0 Å². The summed E-state index contributed by atoms with van der Waals surface area (Å²) in [6, 6.07) is 8.99. The van der Waals surface area contributed by atoms with Crippen LogP contribution < -0.4 is 0 Å². The summed E-state index contributed by atoms with van der Waals surface area (Å²) in [7, 11) is 0. The Balaban J connectivity index is 3.39. The van der Waals surface area contributed by atoms with Crippen LogP contribution in [0.15, 0.2) is 30.3 Å². The summed E-state index contributed by atoms with van der Waals surface area (Å²) < 4.78 is 0. The number of carboxylic acid groups (broad SMARTS) is 1. The van der Waals surface area contributed by atoms with E-state index in [1.807, 2.05) is 19.9 Å². The normalized spacial score (nSPS) is 15.6. The average Bonchev–Trinajstić information content (AvgIpc) is 2.28. The second-order valence-electron chi connectivity index (χ2n) is 5.22. The lowest BCUT2D eigenvalue weighted by molar-refractivity contribution is -0.174. The van der Waals surface area contributed by atoms with Crippen LogP contribution in [0.25, 0.3) is 0 Å². The summed E-state index contributed by atoms with van der Waals surface area (Å²) in [6.45, 7) is 6.78. The van der Waals surface area contributed by atoms with Crippen LogP contribution in [-0.4, -0.2) is 16.2 Å². The van der Waals surface area contributed by atoms with E-state index in [-0.39, 0.29) is 5.92 Å². The van der Waals surface area contributed by atoms with Gasteiger partial charge in [-0.3, -0.25) is 4.79 Å². The average molecular weight is 236 g/mol. The molecule has 0 amide bonds. The number of carboxylic acids is 1. The molecule has 0 aromatic heterocycles. The molecule has 94 valence electrons. The summed E-state index contributed by atoms with van der Waals surface area (Å²) in [6.07, 6.45) is 0. The predicted octanol–water partition coefficient (Wildman–Crippen LogP) is 2.64. The van der Waals surface area contributed by atoms with Crippen molar-refractivity contribution >= 4 is 5.97 Å². The maximum Gasteiger partial charge on any atom is 0.312 e. The minimum Gasteiger partial charge on any atom is -0.481 e. The van der Waals surface area contributed by atoms with Gasteiger partial charge in [-0.25, -0.2) is 0 Å². The van der Waals surface area contributed by atoms with Crippen LogP contribution in [-0.2, 0) is 10.4 Å². The van der Waals surface area contributed by atoms with E-state index in [1.165, 1.54) is 0 Å². The van der Waals surface area contributed by atoms with Gasteiger partial charge in [0.05, 0.1) is 5.41 Å². The van der Waals surface area contributed by atoms with Crippen molar-refractivity contribution in [3.63, 3.8) is 0 Å². The number of carbonyl (C=O) groups is 1. The molecule has 0 spiro atoms. The van der Waals surface area contributed by atoms with Crippen molar-refractivity contribution in [3.8, 4) is 0 Å². The van der Waals surface area contributed by atoms with Crippen molar-refractivity contribution in [2.75, 3.05) is 0 Å². The molecule has 0 heterocycles. The first-order valence-electron chi connectivity index (χ1n) is 5.76. The smallest absolute Gasteiger partial charge is 0.312 e. The van der Waals surface area contributed by atoms with Crippen molar-refractivity contribution in [1.82, 2.24) is 0 Å². The van der Waals surface area contributed by atoms with Gasteiger partial charge >= 0.3 is 5.97 Å².